The smallest absolute Gasteiger partial charge is 0.164 e. The van der Waals surface area contributed by atoms with Crippen LogP contribution in [-0.4, -0.2) is 38.0 Å². The molecule has 1 fully saturated rings. The standard InChI is InChI=1S/Na.O5S/c;1-6(2)4-3-5-6. The molecule has 0 atom stereocenters. The first-order valence-electron chi connectivity index (χ1n) is 1.00. The molecule has 5 nitrogen and oxygen atoms in total. The summed E-state index contributed by atoms with van der Waals surface area (Å²) in [4.78, 5) is 0. The maximum Gasteiger partial charge on any atom is 0.457 e. The third kappa shape index (κ3) is 2.04. The van der Waals surface area contributed by atoms with Gasteiger partial charge in [-0.25, -0.2) is 0 Å². The van der Waals surface area contributed by atoms with Crippen molar-refractivity contribution in [2.45, 2.75) is 0 Å². The molecule has 1 aliphatic heterocycles. The Bertz CT molecular complexity index is 122. The average Bonchev–Trinajstić information content (AvgIpc) is 1.32. The van der Waals surface area contributed by atoms with E-state index in [2.05, 4.69) is 13.7 Å². The van der Waals surface area contributed by atoms with E-state index in [1.54, 1.807) is 0 Å². The summed E-state index contributed by atoms with van der Waals surface area (Å²) >= 11 is 0. The molecule has 37 valence electrons. The monoisotopic (exact) mass is 135 g/mol. The van der Waals surface area contributed by atoms with Gasteiger partial charge in [0.25, 0.3) is 0 Å². The van der Waals surface area contributed by atoms with Crippen LogP contribution >= 0.6 is 0 Å². The third-order valence-corrected chi connectivity index (χ3v) is 0.667. The SMILES string of the molecule is O=S1(=O)OOO1.[Na]. The molecule has 0 amide bonds. The molecule has 0 unspecified atom stereocenters. The quantitative estimate of drug-likeness (QED) is 0.306. The van der Waals surface area contributed by atoms with Gasteiger partial charge in [-0.1, -0.05) is 0 Å². The zero-order valence-corrected chi connectivity index (χ0v) is 6.27. The molecule has 7 heavy (non-hydrogen) atoms. The van der Waals surface area contributed by atoms with Gasteiger partial charge in [-0.3, -0.25) is 0 Å². The van der Waals surface area contributed by atoms with Crippen LogP contribution in [0.3, 0.4) is 0 Å². The van der Waals surface area contributed by atoms with Gasteiger partial charge in [0.05, 0.1) is 0 Å². The largest absolute Gasteiger partial charge is 0.457 e. The summed E-state index contributed by atoms with van der Waals surface area (Å²) in [6, 6.07) is 0. The molecule has 1 aliphatic rings. The van der Waals surface area contributed by atoms with E-state index in [0.29, 0.717) is 0 Å². The van der Waals surface area contributed by atoms with E-state index in [0.717, 1.165) is 0 Å². The summed E-state index contributed by atoms with van der Waals surface area (Å²) < 4.78 is 25.8. The molecule has 0 spiro atoms. The topological polar surface area (TPSA) is 61.8 Å². The number of rotatable bonds is 0. The van der Waals surface area contributed by atoms with Crippen molar-refractivity contribution in [3.05, 3.63) is 0 Å². The molecule has 1 heterocycles. The van der Waals surface area contributed by atoms with E-state index in [9.17, 15) is 8.42 Å². The fourth-order valence-electron chi connectivity index (χ4n) is 0.0731. The summed E-state index contributed by atoms with van der Waals surface area (Å²) in [7, 11) is -3.70. The Morgan fingerprint density at radius 3 is 1.43 bits per heavy atom. The molecule has 0 saturated carbocycles. The van der Waals surface area contributed by atoms with Crippen molar-refractivity contribution in [1.82, 2.24) is 0 Å². The van der Waals surface area contributed by atoms with Crippen LogP contribution < -0.4 is 0 Å². The first kappa shape index (κ1) is 7.83. The molecule has 0 aromatic heterocycles. The Morgan fingerprint density at radius 1 is 1.14 bits per heavy atom. The summed E-state index contributed by atoms with van der Waals surface area (Å²) in [5.74, 6) is 0. The second kappa shape index (κ2) is 2.40. The zero-order chi connectivity index (χ0) is 4.62. The van der Waals surface area contributed by atoms with Gasteiger partial charge >= 0.3 is 10.4 Å². The molecule has 0 aromatic carbocycles. The van der Waals surface area contributed by atoms with Crippen LogP contribution in [0, 0.1) is 0 Å². The van der Waals surface area contributed by atoms with Crippen LogP contribution in [0.1, 0.15) is 0 Å². The molecule has 0 bridgehead atoms. The Kier molecular flexibility index (Phi) is 2.69. The fourth-order valence-corrected chi connectivity index (χ4v) is 0.219. The van der Waals surface area contributed by atoms with Crippen LogP contribution in [0.5, 0.6) is 0 Å². The molecule has 1 rings (SSSR count). The van der Waals surface area contributed by atoms with E-state index < -0.39 is 10.4 Å². The third-order valence-electron chi connectivity index (χ3n) is 0.222. The normalized spacial score (nSPS) is 24.6. The molecule has 1 saturated heterocycles. The summed E-state index contributed by atoms with van der Waals surface area (Å²) in [5.41, 5.74) is 0. The van der Waals surface area contributed by atoms with E-state index in [-0.39, 0.29) is 29.6 Å². The Morgan fingerprint density at radius 2 is 1.43 bits per heavy atom. The summed E-state index contributed by atoms with van der Waals surface area (Å²) in [6.45, 7) is 0. The van der Waals surface area contributed by atoms with E-state index in [1.807, 2.05) is 0 Å². The second-order valence-corrected chi connectivity index (χ2v) is 1.70. The van der Waals surface area contributed by atoms with Crippen molar-refractivity contribution in [2.75, 3.05) is 0 Å². The van der Waals surface area contributed by atoms with Crippen LogP contribution in [0.25, 0.3) is 0 Å². The first-order valence-corrected chi connectivity index (χ1v) is 2.33. The van der Waals surface area contributed by atoms with Crippen LogP contribution in [0.15, 0.2) is 0 Å². The maximum atomic E-state index is 9.52. The molecule has 0 aliphatic carbocycles. The zero-order valence-electron chi connectivity index (χ0n) is 3.45. The Hall–Kier alpha value is 0.830. The van der Waals surface area contributed by atoms with Crippen molar-refractivity contribution >= 4 is 40.0 Å². The fraction of sp³-hybridized carbons (Fsp3) is 0. The van der Waals surface area contributed by atoms with Crippen LogP contribution in [-0.2, 0) is 24.1 Å². The van der Waals surface area contributed by atoms with E-state index in [1.165, 1.54) is 0 Å². The molecule has 0 N–H and O–H groups in total. The Labute approximate surface area is 62.0 Å². The van der Waals surface area contributed by atoms with Gasteiger partial charge in [-0.2, -0.15) is 8.42 Å². The predicted molar refractivity (Wildman–Crippen MR) is 17.9 cm³/mol. The number of hydrogen-bond donors (Lipinski definition) is 0. The maximum absolute atomic E-state index is 9.52. The van der Waals surface area contributed by atoms with Gasteiger partial charge < -0.3 is 0 Å². The van der Waals surface area contributed by atoms with Gasteiger partial charge in [0.2, 0.25) is 0 Å². The van der Waals surface area contributed by atoms with Gasteiger partial charge in [-0.15, -0.1) is 0 Å². The van der Waals surface area contributed by atoms with Gasteiger partial charge in [0.1, 0.15) is 0 Å². The van der Waals surface area contributed by atoms with E-state index >= 15 is 0 Å². The van der Waals surface area contributed by atoms with Gasteiger partial charge in [-0.05, 0) is 13.7 Å². The van der Waals surface area contributed by atoms with Gasteiger partial charge in [0.15, 0.2) is 0 Å². The molecule has 1 radical (unpaired) electrons. The Balaban J connectivity index is 0.000000360. The van der Waals surface area contributed by atoms with Crippen LogP contribution in [0.2, 0.25) is 0 Å². The van der Waals surface area contributed by atoms with E-state index in [4.69, 9.17) is 0 Å². The molecule has 7 heteroatoms. The first-order chi connectivity index (χ1) is 2.71. The summed E-state index contributed by atoms with van der Waals surface area (Å²) in [5, 5.41) is 3.35. The second-order valence-electron chi connectivity index (χ2n) is 0.612. The summed E-state index contributed by atoms with van der Waals surface area (Å²) in [6.07, 6.45) is 0. The van der Waals surface area contributed by atoms with Gasteiger partial charge in [0, 0.05) is 29.6 Å². The minimum atomic E-state index is -3.70. The molecular formula is NaO5S. The number of hydrogen-bond acceptors (Lipinski definition) is 5. The van der Waals surface area contributed by atoms with Crippen molar-refractivity contribution in [3.63, 3.8) is 0 Å². The van der Waals surface area contributed by atoms with Crippen molar-refractivity contribution in [3.8, 4) is 0 Å². The average molecular weight is 135 g/mol. The predicted octanol–water partition coefficient (Wildman–Crippen LogP) is -1.26. The molecular weight excluding hydrogens is 135 g/mol. The van der Waals surface area contributed by atoms with Crippen molar-refractivity contribution < 1.29 is 22.1 Å². The van der Waals surface area contributed by atoms with Crippen molar-refractivity contribution in [2.24, 2.45) is 0 Å². The minimum Gasteiger partial charge on any atom is -0.164 e. The van der Waals surface area contributed by atoms with Crippen molar-refractivity contribution in [1.29, 1.82) is 0 Å². The minimum absolute atomic E-state index is 0. The molecule has 0 aromatic rings. The van der Waals surface area contributed by atoms with Crippen LogP contribution in [0.4, 0.5) is 0 Å².